The number of hydrogen-bond donors (Lipinski definition) is 2. The third-order valence-corrected chi connectivity index (χ3v) is 2.59. The van der Waals surface area contributed by atoms with E-state index in [1.165, 1.54) is 0 Å². The molecule has 5 nitrogen and oxygen atoms in total. The van der Waals surface area contributed by atoms with E-state index in [2.05, 4.69) is 15.3 Å². The van der Waals surface area contributed by atoms with Crippen LogP contribution >= 0.6 is 0 Å². The maximum Gasteiger partial charge on any atom is 0.323 e. The van der Waals surface area contributed by atoms with E-state index in [1.54, 1.807) is 6.33 Å². The molecule has 15 heavy (non-hydrogen) atoms. The Morgan fingerprint density at radius 1 is 1.73 bits per heavy atom. The number of rotatable bonds is 2. The number of esters is 1. The predicted octanol–water partition coefficient (Wildman–Crippen LogP) is 0.548. The van der Waals surface area contributed by atoms with E-state index in [-0.39, 0.29) is 18.1 Å². The van der Waals surface area contributed by atoms with E-state index in [0.717, 1.165) is 11.4 Å². The molecule has 2 N–H and O–H groups in total. The summed E-state index contributed by atoms with van der Waals surface area (Å²) < 4.78 is 4.99. The molecular weight excluding hydrogens is 194 g/mol. The van der Waals surface area contributed by atoms with E-state index in [4.69, 9.17) is 4.74 Å². The standard InChI is InChI=1S/C10H15N3O2/c1-3-15-10(14)8-4-7-9(6(2)13-8)12-5-11-7/h5-6,8,13H,3-4H2,1-2H3,(H,11,12). The summed E-state index contributed by atoms with van der Waals surface area (Å²) in [4.78, 5) is 18.8. The molecule has 2 heterocycles. The Kier molecular flexibility index (Phi) is 2.73. The first-order chi connectivity index (χ1) is 7.22. The molecule has 2 rings (SSSR count). The van der Waals surface area contributed by atoms with Gasteiger partial charge in [0.05, 0.1) is 18.6 Å². The van der Waals surface area contributed by atoms with Crippen molar-refractivity contribution in [3.8, 4) is 0 Å². The van der Waals surface area contributed by atoms with Crippen molar-refractivity contribution in [1.82, 2.24) is 15.3 Å². The fourth-order valence-corrected chi connectivity index (χ4v) is 1.91. The van der Waals surface area contributed by atoms with Crippen LogP contribution in [0.15, 0.2) is 6.33 Å². The Bertz CT molecular complexity index is 361. The molecule has 0 bridgehead atoms. The van der Waals surface area contributed by atoms with Gasteiger partial charge in [-0.1, -0.05) is 0 Å². The van der Waals surface area contributed by atoms with Crippen LogP contribution in [0, 0.1) is 0 Å². The minimum atomic E-state index is -0.257. The van der Waals surface area contributed by atoms with Gasteiger partial charge < -0.3 is 9.72 Å². The van der Waals surface area contributed by atoms with Crippen molar-refractivity contribution in [3.63, 3.8) is 0 Å². The number of nitrogens with zero attached hydrogens (tertiary/aromatic N) is 1. The van der Waals surface area contributed by atoms with E-state index in [9.17, 15) is 4.79 Å². The first-order valence-corrected chi connectivity index (χ1v) is 5.17. The normalized spacial score (nSPS) is 24.7. The van der Waals surface area contributed by atoms with Gasteiger partial charge in [0, 0.05) is 18.2 Å². The quantitative estimate of drug-likeness (QED) is 0.698. The van der Waals surface area contributed by atoms with Gasteiger partial charge in [-0.05, 0) is 13.8 Å². The Morgan fingerprint density at radius 3 is 3.27 bits per heavy atom. The van der Waals surface area contributed by atoms with Crippen molar-refractivity contribution in [3.05, 3.63) is 17.7 Å². The van der Waals surface area contributed by atoms with E-state index < -0.39 is 0 Å². The lowest BCUT2D eigenvalue weighted by molar-refractivity contribution is -0.146. The molecule has 1 aliphatic heterocycles. The molecule has 82 valence electrons. The molecule has 2 atom stereocenters. The van der Waals surface area contributed by atoms with Gasteiger partial charge in [-0.15, -0.1) is 0 Å². The Hall–Kier alpha value is -1.36. The minimum absolute atomic E-state index is 0.0920. The lowest BCUT2D eigenvalue weighted by atomic mass is 10.0. The number of aromatic amines is 1. The van der Waals surface area contributed by atoms with E-state index >= 15 is 0 Å². The van der Waals surface area contributed by atoms with E-state index in [0.29, 0.717) is 13.0 Å². The van der Waals surface area contributed by atoms with Crippen LogP contribution in [0.25, 0.3) is 0 Å². The molecule has 0 fully saturated rings. The molecule has 0 saturated carbocycles. The van der Waals surface area contributed by atoms with Crippen molar-refractivity contribution in [2.45, 2.75) is 32.4 Å². The lowest BCUT2D eigenvalue weighted by Gasteiger charge is -2.26. The average molecular weight is 209 g/mol. The maximum atomic E-state index is 11.6. The van der Waals surface area contributed by atoms with Gasteiger partial charge in [-0.25, -0.2) is 4.98 Å². The van der Waals surface area contributed by atoms with Crippen molar-refractivity contribution in [2.75, 3.05) is 6.61 Å². The lowest BCUT2D eigenvalue weighted by Crippen LogP contribution is -2.44. The molecule has 2 unspecified atom stereocenters. The van der Waals surface area contributed by atoms with Crippen molar-refractivity contribution in [1.29, 1.82) is 0 Å². The van der Waals surface area contributed by atoms with Gasteiger partial charge in [0.25, 0.3) is 0 Å². The number of carbonyl (C=O) groups is 1. The largest absolute Gasteiger partial charge is 0.465 e. The number of imidazole rings is 1. The van der Waals surface area contributed by atoms with Gasteiger partial charge >= 0.3 is 5.97 Å². The summed E-state index contributed by atoms with van der Waals surface area (Å²) in [6.45, 7) is 4.22. The van der Waals surface area contributed by atoms with Crippen LogP contribution in [0.3, 0.4) is 0 Å². The number of ether oxygens (including phenoxy) is 1. The highest BCUT2D eigenvalue weighted by Gasteiger charge is 2.30. The predicted molar refractivity (Wildman–Crippen MR) is 54.3 cm³/mol. The Labute approximate surface area is 88.2 Å². The first-order valence-electron chi connectivity index (χ1n) is 5.17. The van der Waals surface area contributed by atoms with Crippen LogP contribution in [0.2, 0.25) is 0 Å². The summed E-state index contributed by atoms with van der Waals surface area (Å²) in [5, 5.41) is 3.19. The van der Waals surface area contributed by atoms with Crippen LogP contribution in [-0.4, -0.2) is 28.6 Å². The third-order valence-electron chi connectivity index (χ3n) is 2.59. The second kappa shape index (κ2) is 4.02. The first kappa shape index (κ1) is 10.2. The Balaban J connectivity index is 2.12. The highest BCUT2D eigenvalue weighted by atomic mass is 16.5. The fraction of sp³-hybridized carbons (Fsp3) is 0.600. The van der Waals surface area contributed by atoms with Gasteiger partial charge in [0.15, 0.2) is 0 Å². The second-order valence-corrected chi connectivity index (χ2v) is 3.66. The van der Waals surface area contributed by atoms with Gasteiger partial charge in [-0.2, -0.15) is 0 Å². The maximum absolute atomic E-state index is 11.6. The molecule has 1 aromatic rings. The smallest absolute Gasteiger partial charge is 0.323 e. The van der Waals surface area contributed by atoms with Gasteiger partial charge in [0.1, 0.15) is 6.04 Å². The number of nitrogens with one attached hydrogen (secondary N) is 2. The molecule has 1 aromatic heterocycles. The SMILES string of the molecule is CCOC(=O)C1Cc2[nH]cnc2C(C)N1. The van der Waals surface area contributed by atoms with Crippen LogP contribution in [-0.2, 0) is 16.0 Å². The van der Waals surface area contributed by atoms with Crippen molar-refractivity contribution >= 4 is 5.97 Å². The van der Waals surface area contributed by atoms with Crippen LogP contribution in [0.4, 0.5) is 0 Å². The topological polar surface area (TPSA) is 67.0 Å². The highest BCUT2D eigenvalue weighted by Crippen LogP contribution is 2.21. The summed E-state index contributed by atoms with van der Waals surface area (Å²) in [5.41, 5.74) is 2.02. The summed E-state index contributed by atoms with van der Waals surface area (Å²) in [6, 6.07) is -0.165. The number of hydrogen-bond acceptors (Lipinski definition) is 4. The minimum Gasteiger partial charge on any atom is -0.465 e. The fourth-order valence-electron chi connectivity index (χ4n) is 1.91. The molecule has 0 spiro atoms. The summed E-state index contributed by atoms with van der Waals surface area (Å²) in [6.07, 6.45) is 2.29. The molecular formula is C10H15N3O2. The molecule has 0 aliphatic carbocycles. The summed E-state index contributed by atoms with van der Waals surface area (Å²) in [7, 11) is 0. The zero-order chi connectivity index (χ0) is 10.8. The number of aromatic nitrogens is 2. The van der Waals surface area contributed by atoms with Crippen LogP contribution in [0.5, 0.6) is 0 Å². The summed E-state index contributed by atoms with van der Waals surface area (Å²) >= 11 is 0. The van der Waals surface area contributed by atoms with Crippen LogP contribution < -0.4 is 5.32 Å². The molecule has 1 aliphatic rings. The van der Waals surface area contributed by atoms with E-state index in [1.807, 2.05) is 13.8 Å². The van der Waals surface area contributed by atoms with Crippen molar-refractivity contribution < 1.29 is 9.53 Å². The molecule has 0 saturated heterocycles. The monoisotopic (exact) mass is 209 g/mol. The number of fused-ring (bicyclic) bond motifs is 1. The third kappa shape index (κ3) is 1.87. The van der Waals surface area contributed by atoms with Gasteiger partial charge in [-0.3, -0.25) is 10.1 Å². The van der Waals surface area contributed by atoms with Gasteiger partial charge in [0.2, 0.25) is 0 Å². The van der Waals surface area contributed by atoms with Crippen molar-refractivity contribution in [2.24, 2.45) is 0 Å². The number of H-pyrrole nitrogens is 1. The zero-order valence-electron chi connectivity index (χ0n) is 8.91. The molecule has 0 radical (unpaired) electrons. The highest BCUT2D eigenvalue weighted by molar-refractivity contribution is 5.76. The molecule has 0 aromatic carbocycles. The molecule has 5 heteroatoms. The second-order valence-electron chi connectivity index (χ2n) is 3.66. The zero-order valence-corrected chi connectivity index (χ0v) is 8.91. The Morgan fingerprint density at radius 2 is 2.53 bits per heavy atom. The molecule has 0 amide bonds. The summed E-state index contributed by atoms with van der Waals surface area (Å²) in [5.74, 6) is -0.190. The average Bonchev–Trinajstić information content (AvgIpc) is 2.66. The number of carbonyl (C=O) groups excluding carboxylic acids is 1. The van der Waals surface area contributed by atoms with Crippen LogP contribution in [0.1, 0.15) is 31.3 Å².